The van der Waals surface area contributed by atoms with Gasteiger partial charge in [0.2, 0.25) is 0 Å². The number of sulfone groups is 1. The number of benzene rings is 1. The van der Waals surface area contributed by atoms with E-state index in [0.717, 1.165) is 12.3 Å². The first kappa shape index (κ1) is 17.3. The first-order valence-corrected chi connectivity index (χ1v) is 8.66. The Morgan fingerprint density at radius 3 is 2.78 bits per heavy atom. The van der Waals surface area contributed by atoms with Crippen LogP contribution in [0.15, 0.2) is 24.4 Å². The molecule has 124 valence electrons. The molecule has 0 aromatic heterocycles. The zero-order valence-electron chi connectivity index (χ0n) is 12.2. The van der Waals surface area contributed by atoms with Crippen LogP contribution in [0.2, 0.25) is 0 Å². The molecule has 7 nitrogen and oxygen atoms in total. The molecule has 2 rings (SSSR count). The molecule has 0 fully saturated rings. The van der Waals surface area contributed by atoms with Crippen LogP contribution in [0.3, 0.4) is 0 Å². The van der Waals surface area contributed by atoms with E-state index in [1.165, 1.54) is 6.07 Å². The van der Waals surface area contributed by atoms with Crippen molar-refractivity contribution in [3.63, 3.8) is 0 Å². The van der Waals surface area contributed by atoms with Gasteiger partial charge in [-0.2, -0.15) is 0 Å². The standard InChI is InChI=1S/C13H15BFNO6S/c1-7(6-23(2,20)21)16-10-5-8-3-4-9(15)11(13(17)18)12(8)22-14(10)19/h3-4,10,16,19H,1,5-6H2,2H3,(H,17,18)/t10-/m0/s1. The molecular formula is C13H15BFNO6S. The van der Waals surface area contributed by atoms with Gasteiger partial charge in [0.05, 0.1) is 11.7 Å². The highest BCUT2D eigenvalue weighted by molar-refractivity contribution is 7.90. The Morgan fingerprint density at radius 2 is 2.22 bits per heavy atom. The van der Waals surface area contributed by atoms with Crippen molar-refractivity contribution in [3.8, 4) is 5.75 Å². The molecule has 0 saturated carbocycles. The van der Waals surface area contributed by atoms with Gasteiger partial charge in [-0.25, -0.2) is 17.6 Å². The van der Waals surface area contributed by atoms with E-state index in [-0.39, 0.29) is 23.6 Å². The topological polar surface area (TPSA) is 113 Å². The van der Waals surface area contributed by atoms with Crippen LogP contribution in [-0.2, 0) is 16.3 Å². The number of aromatic carboxylic acids is 1. The molecule has 3 N–H and O–H groups in total. The lowest BCUT2D eigenvalue weighted by Gasteiger charge is -2.30. The largest absolute Gasteiger partial charge is 0.546 e. The Morgan fingerprint density at radius 1 is 1.57 bits per heavy atom. The van der Waals surface area contributed by atoms with E-state index in [1.807, 2.05) is 0 Å². The minimum Gasteiger partial charge on any atom is -0.534 e. The normalized spacial score (nSPS) is 17.2. The third-order valence-electron chi connectivity index (χ3n) is 3.25. The Labute approximate surface area is 132 Å². The van der Waals surface area contributed by atoms with Crippen LogP contribution >= 0.6 is 0 Å². The number of halogens is 1. The van der Waals surface area contributed by atoms with Crippen molar-refractivity contribution in [2.45, 2.75) is 12.4 Å². The average molecular weight is 343 g/mol. The molecule has 10 heteroatoms. The molecule has 0 aliphatic carbocycles. The third kappa shape index (κ3) is 4.02. The maximum absolute atomic E-state index is 13.6. The maximum Gasteiger partial charge on any atom is 0.546 e. The van der Waals surface area contributed by atoms with Crippen LogP contribution < -0.4 is 9.97 Å². The summed E-state index contributed by atoms with van der Waals surface area (Å²) in [5.74, 6) is -3.73. The van der Waals surface area contributed by atoms with Gasteiger partial charge in [0.25, 0.3) is 0 Å². The first-order chi connectivity index (χ1) is 10.6. The smallest absolute Gasteiger partial charge is 0.534 e. The first-order valence-electron chi connectivity index (χ1n) is 6.60. The zero-order chi connectivity index (χ0) is 17.4. The van der Waals surface area contributed by atoms with Gasteiger partial charge in [-0.15, -0.1) is 0 Å². The number of carboxylic acid groups (broad SMARTS) is 1. The van der Waals surface area contributed by atoms with Crippen molar-refractivity contribution in [2.75, 3.05) is 12.0 Å². The van der Waals surface area contributed by atoms with Crippen molar-refractivity contribution in [1.29, 1.82) is 0 Å². The Balaban J connectivity index is 2.23. The number of carbonyl (C=O) groups is 1. The van der Waals surface area contributed by atoms with Crippen LogP contribution in [0.1, 0.15) is 15.9 Å². The molecule has 1 aromatic rings. The molecule has 0 radical (unpaired) electrons. The fraction of sp³-hybridized carbons (Fsp3) is 0.308. The molecule has 1 aliphatic heterocycles. The Hall–Kier alpha value is -2.07. The van der Waals surface area contributed by atoms with Gasteiger partial charge in [0.1, 0.15) is 17.1 Å². The van der Waals surface area contributed by atoms with Gasteiger partial charge in [-0.3, -0.25) is 0 Å². The lowest BCUT2D eigenvalue weighted by Crippen LogP contribution is -2.51. The molecule has 1 atom stereocenters. The van der Waals surface area contributed by atoms with E-state index in [9.17, 15) is 22.6 Å². The van der Waals surface area contributed by atoms with Crippen LogP contribution in [0.5, 0.6) is 5.75 Å². The van der Waals surface area contributed by atoms with E-state index in [1.54, 1.807) is 0 Å². The fourth-order valence-electron chi connectivity index (χ4n) is 2.38. The summed E-state index contributed by atoms with van der Waals surface area (Å²) in [6, 6.07) is 2.36. The molecule has 1 aliphatic rings. The Bertz CT molecular complexity index is 766. The molecule has 0 unspecified atom stereocenters. The molecule has 1 heterocycles. The molecule has 0 bridgehead atoms. The fourth-order valence-corrected chi connectivity index (χ4v) is 3.10. The maximum atomic E-state index is 13.6. The monoisotopic (exact) mass is 343 g/mol. The van der Waals surface area contributed by atoms with E-state index >= 15 is 0 Å². The highest BCUT2D eigenvalue weighted by Crippen LogP contribution is 2.32. The lowest BCUT2D eigenvalue weighted by atomic mass is 9.72. The molecular weight excluding hydrogens is 328 g/mol. The van der Waals surface area contributed by atoms with Gasteiger partial charge >= 0.3 is 13.1 Å². The van der Waals surface area contributed by atoms with Crippen LogP contribution in [0.25, 0.3) is 0 Å². The summed E-state index contributed by atoms with van der Waals surface area (Å²) in [4.78, 5) is 11.1. The summed E-state index contributed by atoms with van der Waals surface area (Å²) in [7, 11) is -4.76. The predicted molar refractivity (Wildman–Crippen MR) is 81.4 cm³/mol. The minimum atomic E-state index is -3.29. The summed E-state index contributed by atoms with van der Waals surface area (Å²) >= 11 is 0. The molecule has 23 heavy (non-hydrogen) atoms. The van der Waals surface area contributed by atoms with Crippen molar-refractivity contribution >= 4 is 22.9 Å². The van der Waals surface area contributed by atoms with E-state index in [0.29, 0.717) is 5.56 Å². The van der Waals surface area contributed by atoms with Crippen LogP contribution in [-0.4, -0.2) is 49.6 Å². The van der Waals surface area contributed by atoms with Gasteiger partial charge in [0, 0.05) is 12.0 Å². The van der Waals surface area contributed by atoms with Gasteiger partial charge in [-0.1, -0.05) is 12.6 Å². The highest BCUT2D eigenvalue weighted by Gasteiger charge is 2.38. The summed E-state index contributed by atoms with van der Waals surface area (Å²) in [5, 5.41) is 21.8. The Kier molecular flexibility index (Phi) is 4.67. The second-order valence-electron chi connectivity index (χ2n) is 5.35. The predicted octanol–water partition coefficient (Wildman–Crippen LogP) is -0.00500. The van der Waals surface area contributed by atoms with Crippen LogP contribution in [0, 0.1) is 5.82 Å². The molecule has 0 amide bonds. The number of hydrogen-bond donors (Lipinski definition) is 3. The van der Waals surface area contributed by atoms with E-state index < -0.39 is 40.2 Å². The summed E-state index contributed by atoms with van der Waals surface area (Å²) < 4.78 is 41.2. The summed E-state index contributed by atoms with van der Waals surface area (Å²) in [6.45, 7) is 3.57. The second-order valence-corrected chi connectivity index (χ2v) is 7.49. The molecule has 0 spiro atoms. The quantitative estimate of drug-likeness (QED) is 0.645. The van der Waals surface area contributed by atoms with Crippen molar-refractivity contribution in [1.82, 2.24) is 5.32 Å². The summed E-state index contributed by atoms with van der Waals surface area (Å²) in [6.07, 6.45) is 1.17. The average Bonchev–Trinajstić information content (AvgIpc) is 2.37. The summed E-state index contributed by atoms with van der Waals surface area (Å²) in [5.41, 5.74) is -0.0853. The highest BCUT2D eigenvalue weighted by atomic mass is 32.2. The van der Waals surface area contributed by atoms with Crippen molar-refractivity contribution in [2.24, 2.45) is 0 Å². The molecule has 0 saturated heterocycles. The van der Waals surface area contributed by atoms with Gasteiger partial charge in [0.15, 0.2) is 9.84 Å². The number of nitrogens with one attached hydrogen (secondary N) is 1. The lowest BCUT2D eigenvalue weighted by molar-refractivity contribution is 0.0689. The third-order valence-corrected chi connectivity index (χ3v) is 4.12. The zero-order valence-corrected chi connectivity index (χ0v) is 13.1. The SMILES string of the molecule is C=C(CS(C)(=O)=O)N[C@H]1Cc2ccc(F)c(C(=O)O)c2OB1O. The van der Waals surface area contributed by atoms with E-state index in [4.69, 9.17) is 9.76 Å². The van der Waals surface area contributed by atoms with Gasteiger partial charge < -0.3 is 20.1 Å². The molecule has 1 aromatic carbocycles. The minimum absolute atomic E-state index is 0.125. The van der Waals surface area contributed by atoms with Gasteiger partial charge in [-0.05, 0) is 18.1 Å². The van der Waals surface area contributed by atoms with Crippen LogP contribution in [0.4, 0.5) is 4.39 Å². The number of hydrogen-bond acceptors (Lipinski definition) is 6. The number of carboxylic acids is 1. The number of rotatable bonds is 5. The van der Waals surface area contributed by atoms with Crippen molar-refractivity contribution < 1.29 is 32.4 Å². The van der Waals surface area contributed by atoms with Crippen molar-refractivity contribution in [3.05, 3.63) is 41.4 Å². The number of fused-ring (bicyclic) bond motifs is 1. The van der Waals surface area contributed by atoms with E-state index in [2.05, 4.69) is 11.9 Å². The second kappa shape index (κ2) is 6.21.